The zero-order chi connectivity index (χ0) is 42.1. The van der Waals surface area contributed by atoms with E-state index in [2.05, 4.69) is 29.4 Å². The maximum Gasteiger partial charge on any atom is 0.397 e. The molecule has 4 aromatic rings. The Kier molecular flexibility index (Phi) is 12.7. The molecule has 56 heavy (non-hydrogen) atoms. The van der Waals surface area contributed by atoms with E-state index >= 15 is 0 Å². The van der Waals surface area contributed by atoms with Crippen molar-refractivity contribution in [2.75, 3.05) is 12.4 Å². The van der Waals surface area contributed by atoms with Gasteiger partial charge in [0, 0.05) is 30.5 Å². The van der Waals surface area contributed by atoms with E-state index in [1.165, 1.54) is 19.9 Å². The number of nitrogens with zero attached hydrogens (tertiary/aromatic N) is 6. The highest BCUT2D eigenvalue weighted by Crippen LogP contribution is 2.33. The number of carbonyl (C=O) groups is 1. The molecule has 4 rings (SSSR count). The summed E-state index contributed by atoms with van der Waals surface area (Å²) in [4.78, 5) is 34.2. The third kappa shape index (κ3) is 10.2. The van der Waals surface area contributed by atoms with E-state index in [1.807, 2.05) is 0 Å². The second-order valence-electron chi connectivity index (χ2n) is 11.3. The number of sulfone groups is 1. The zero-order valence-electron chi connectivity index (χ0n) is 28.4. The summed E-state index contributed by atoms with van der Waals surface area (Å²) < 4.78 is 129. The number of pyridine rings is 1. The Labute approximate surface area is 321 Å². The van der Waals surface area contributed by atoms with Gasteiger partial charge in [-0.2, -0.15) is 25.3 Å². The van der Waals surface area contributed by atoms with Crippen LogP contribution in [0.1, 0.15) is 45.6 Å². The van der Waals surface area contributed by atoms with E-state index in [-0.39, 0.29) is 35.7 Å². The van der Waals surface area contributed by atoms with Crippen molar-refractivity contribution in [3.63, 3.8) is 0 Å². The van der Waals surface area contributed by atoms with Gasteiger partial charge in [-0.1, -0.05) is 6.07 Å². The number of amides is 1. The molecular weight excluding hydrogens is 854 g/mol. The molecule has 0 bridgehead atoms. The summed E-state index contributed by atoms with van der Waals surface area (Å²) in [6, 6.07) is 4.38. The molecule has 2 heterocycles. The van der Waals surface area contributed by atoms with Crippen LogP contribution in [-0.2, 0) is 64.0 Å². The fraction of sp³-hybridized carbons (Fsp3) is 0.250. The Morgan fingerprint density at radius 1 is 0.893 bits per heavy atom. The number of hydrogen-bond acceptors (Lipinski definition) is 18. The molecule has 23 nitrogen and oxygen atoms in total. The van der Waals surface area contributed by atoms with Gasteiger partial charge in [-0.3, -0.25) is 27.8 Å². The van der Waals surface area contributed by atoms with Crippen LogP contribution in [0, 0.1) is 6.92 Å². The number of azo groups is 1. The average molecular weight is 882 g/mol. The lowest BCUT2D eigenvalue weighted by atomic mass is 10.1. The molecule has 28 heteroatoms. The summed E-state index contributed by atoms with van der Waals surface area (Å²) in [7, 11) is -19.9. The van der Waals surface area contributed by atoms with Gasteiger partial charge in [-0.05, 0) is 55.3 Å². The van der Waals surface area contributed by atoms with E-state index in [0.29, 0.717) is 6.07 Å². The molecule has 302 valence electrons. The highest BCUT2D eigenvalue weighted by atomic mass is 35.5. The second-order valence-corrected chi connectivity index (χ2v) is 17.6. The van der Waals surface area contributed by atoms with Gasteiger partial charge in [0.1, 0.15) is 38.4 Å². The van der Waals surface area contributed by atoms with Crippen LogP contribution in [0.5, 0.6) is 11.6 Å². The largest absolute Gasteiger partial charge is 0.506 e. The van der Waals surface area contributed by atoms with Crippen molar-refractivity contribution in [2.24, 2.45) is 16.0 Å². The molecule has 0 fully saturated rings. The Morgan fingerprint density at radius 2 is 1.50 bits per heavy atom. The minimum atomic E-state index is -5.28. The van der Waals surface area contributed by atoms with E-state index in [9.17, 15) is 62.6 Å². The fourth-order valence-electron chi connectivity index (χ4n) is 5.05. The van der Waals surface area contributed by atoms with Crippen molar-refractivity contribution in [1.29, 1.82) is 0 Å². The van der Waals surface area contributed by atoms with E-state index in [0.717, 1.165) is 22.8 Å². The molecule has 0 spiro atoms. The number of hydrogen-bond donors (Lipinski definition) is 6. The molecule has 2 aromatic carbocycles. The number of nitrogens with two attached hydrogens (primary N) is 1. The van der Waals surface area contributed by atoms with Gasteiger partial charge < -0.3 is 15.9 Å². The van der Waals surface area contributed by atoms with Crippen LogP contribution in [0.3, 0.4) is 0 Å². The quantitative estimate of drug-likeness (QED) is 0.0721. The van der Waals surface area contributed by atoms with Crippen molar-refractivity contribution in [3.05, 3.63) is 79.9 Å². The maximum absolute atomic E-state index is 13.0. The lowest BCUT2D eigenvalue weighted by Gasteiger charge is -2.13. The Balaban J connectivity index is 1.76. The van der Waals surface area contributed by atoms with Gasteiger partial charge in [0.15, 0.2) is 15.5 Å². The molecular formula is C28H28ClN7O16S4. The fourth-order valence-corrected chi connectivity index (χ4v) is 8.13. The minimum Gasteiger partial charge on any atom is -0.506 e. The number of phenolic OH excluding ortho intramolecular Hbond substituents is 1. The van der Waals surface area contributed by atoms with E-state index in [4.69, 9.17) is 21.9 Å². The number of carbonyl (C=O) groups excluding carboxylic acids is 1. The Hall–Kier alpha value is -5.00. The van der Waals surface area contributed by atoms with Crippen molar-refractivity contribution >= 4 is 69.4 Å². The van der Waals surface area contributed by atoms with Crippen LogP contribution in [0.4, 0.5) is 11.4 Å². The summed E-state index contributed by atoms with van der Waals surface area (Å²) in [6.07, 6.45) is -0.967. The summed E-state index contributed by atoms with van der Waals surface area (Å²) in [5.41, 5.74) is 2.46. The highest BCUT2D eigenvalue weighted by Gasteiger charge is 2.27. The Morgan fingerprint density at radius 3 is 2.05 bits per heavy atom. The molecule has 2 aromatic heterocycles. The van der Waals surface area contributed by atoms with E-state index < -0.39 is 125 Å². The molecule has 0 saturated carbocycles. The highest BCUT2D eigenvalue weighted by molar-refractivity contribution is 7.91. The van der Waals surface area contributed by atoms with Crippen LogP contribution in [0.25, 0.3) is 0 Å². The third-order valence-corrected chi connectivity index (χ3v) is 11.6. The predicted molar refractivity (Wildman–Crippen MR) is 190 cm³/mol. The standard InChI is InChI=1S/C28H28ClN7O16S4/c1-3-36-26(39)22(25(30)38)13(2)23(27(36)40)35-34-17-8-14(4-5-18(17)54(43,44)45)9-20-31-21(33-28(29)32-20)11-15-10-16(12-19(24(15)37)55(46,47)48)53(41,42)7-6-52-56(49,50)51/h4-5,8,10,12,37,39H,3,6-7,9,11H2,1-2H3,(H2,30,38)(H,43,44,45)(H,46,47,48)(H,49,50,51). The monoisotopic (exact) mass is 881 g/mol. The van der Waals surface area contributed by atoms with Crippen LogP contribution >= 0.6 is 11.6 Å². The lowest BCUT2D eigenvalue weighted by molar-refractivity contribution is 0.0995. The summed E-state index contributed by atoms with van der Waals surface area (Å²) in [6.45, 7) is 1.48. The van der Waals surface area contributed by atoms with Gasteiger partial charge >= 0.3 is 10.4 Å². The van der Waals surface area contributed by atoms with Crippen molar-refractivity contribution in [3.8, 4) is 11.6 Å². The molecule has 1 amide bonds. The van der Waals surface area contributed by atoms with Crippen molar-refractivity contribution < 1.29 is 66.5 Å². The van der Waals surface area contributed by atoms with Crippen molar-refractivity contribution in [2.45, 2.75) is 47.9 Å². The first-order chi connectivity index (χ1) is 25.7. The first-order valence-corrected chi connectivity index (χ1v) is 21.4. The molecule has 0 radical (unpaired) electrons. The maximum atomic E-state index is 13.0. The molecule has 0 atom stereocenters. The smallest absolute Gasteiger partial charge is 0.397 e. The molecule has 0 aliphatic heterocycles. The third-order valence-electron chi connectivity index (χ3n) is 7.54. The SMILES string of the molecule is CCn1c(O)c(C(N)=O)c(C)c(N=Nc2cc(Cc3nc(Cl)nc(Cc4cc(S(=O)(=O)CCOS(=O)(=O)O)cc(S(=O)(=O)O)c4O)n3)ccc2S(=O)(=O)O)c1=O. The predicted octanol–water partition coefficient (Wildman–Crippen LogP) is 1.21. The second kappa shape index (κ2) is 16.2. The van der Waals surface area contributed by atoms with Crippen LogP contribution in [-0.4, -0.2) is 95.3 Å². The van der Waals surface area contributed by atoms with Gasteiger partial charge in [-0.25, -0.2) is 27.6 Å². The average Bonchev–Trinajstić information content (AvgIpc) is 3.03. The molecule has 7 N–H and O–H groups in total. The molecule has 0 saturated heterocycles. The molecule has 0 aliphatic rings. The summed E-state index contributed by atoms with van der Waals surface area (Å²) in [5.74, 6) is -4.53. The molecule has 0 aliphatic carbocycles. The van der Waals surface area contributed by atoms with Gasteiger partial charge in [0.25, 0.3) is 31.7 Å². The number of primary amides is 1. The van der Waals surface area contributed by atoms with Crippen LogP contribution in [0.2, 0.25) is 5.28 Å². The van der Waals surface area contributed by atoms with Gasteiger partial charge in [0.05, 0.1) is 17.3 Å². The normalized spacial score (nSPS) is 12.7. The van der Waals surface area contributed by atoms with Gasteiger partial charge in [0.2, 0.25) is 11.2 Å². The van der Waals surface area contributed by atoms with Crippen LogP contribution < -0.4 is 11.3 Å². The number of benzene rings is 2. The zero-order valence-corrected chi connectivity index (χ0v) is 32.4. The first-order valence-electron chi connectivity index (χ1n) is 15.1. The number of rotatable bonds is 15. The number of halogens is 1. The summed E-state index contributed by atoms with van der Waals surface area (Å²) in [5, 5.41) is 28.2. The number of aromatic hydroxyl groups is 2. The minimum absolute atomic E-state index is 0.128. The topological polar surface area (TPSA) is 375 Å². The number of aromatic nitrogens is 4. The summed E-state index contributed by atoms with van der Waals surface area (Å²) >= 11 is 6.09. The number of phenols is 1. The lowest BCUT2D eigenvalue weighted by Crippen LogP contribution is -2.25. The Bertz CT molecular complexity index is 2810. The van der Waals surface area contributed by atoms with E-state index in [1.54, 1.807) is 0 Å². The van der Waals surface area contributed by atoms with Gasteiger partial charge in [-0.15, -0.1) is 10.2 Å². The molecule has 0 unspecified atom stereocenters. The van der Waals surface area contributed by atoms with Crippen LogP contribution in [0.15, 0.2) is 60.0 Å². The van der Waals surface area contributed by atoms with Crippen molar-refractivity contribution in [1.82, 2.24) is 19.5 Å². The first kappa shape index (κ1) is 43.7.